The van der Waals surface area contributed by atoms with Crippen LogP contribution < -0.4 is 11.1 Å². The third-order valence-corrected chi connectivity index (χ3v) is 1.37. The molecule has 0 aromatic heterocycles. The van der Waals surface area contributed by atoms with Crippen LogP contribution in [-0.2, 0) is 15.5 Å². The Labute approximate surface area is 68.8 Å². The fraction of sp³-hybridized carbons (Fsp3) is 1.00. The summed E-state index contributed by atoms with van der Waals surface area (Å²) in [4.78, 5) is 0. The summed E-state index contributed by atoms with van der Waals surface area (Å²) in [5.41, 5.74) is 5.21. The summed E-state index contributed by atoms with van der Waals surface area (Å²) >= 11 is -2.13. The molecule has 1 atom stereocenters. The summed E-state index contributed by atoms with van der Waals surface area (Å²) in [5, 5.41) is 3.02. The molecular formula is C5H14N2O3S. The Morgan fingerprint density at radius 2 is 2.27 bits per heavy atom. The summed E-state index contributed by atoms with van der Waals surface area (Å²) in [6.45, 7) is 2.42. The average molecular weight is 182 g/mol. The molecule has 0 aliphatic heterocycles. The van der Waals surface area contributed by atoms with Gasteiger partial charge in [0, 0.05) is 13.1 Å². The van der Waals surface area contributed by atoms with Gasteiger partial charge in [0.25, 0.3) is 0 Å². The molecule has 68 valence electrons. The van der Waals surface area contributed by atoms with Gasteiger partial charge in [-0.2, -0.15) is 4.21 Å². The van der Waals surface area contributed by atoms with E-state index in [0.29, 0.717) is 19.6 Å². The number of rotatable bonds is 7. The van der Waals surface area contributed by atoms with Gasteiger partial charge in [-0.05, 0) is 13.0 Å². The van der Waals surface area contributed by atoms with E-state index in [9.17, 15) is 4.21 Å². The van der Waals surface area contributed by atoms with Crippen LogP contribution in [0.2, 0.25) is 0 Å². The van der Waals surface area contributed by atoms with Crippen LogP contribution in [0.4, 0.5) is 0 Å². The highest BCUT2D eigenvalue weighted by molar-refractivity contribution is 7.74. The third-order valence-electron chi connectivity index (χ3n) is 1.00. The molecule has 0 rings (SSSR count). The van der Waals surface area contributed by atoms with Gasteiger partial charge in [0.2, 0.25) is 0 Å². The molecule has 11 heavy (non-hydrogen) atoms. The second-order valence-corrected chi connectivity index (χ2v) is 2.60. The molecular weight excluding hydrogens is 168 g/mol. The minimum atomic E-state index is -2.13. The highest BCUT2D eigenvalue weighted by Crippen LogP contribution is 1.82. The van der Waals surface area contributed by atoms with E-state index in [0.717, 1.165) is 13.1 Å². The standard InChI is InChI=1S/C5H14N2O3S/c6-2-4-7-3-1-5-10-11(8)9/h7H,1-6H2,(H,8,9). The van der Waals surface area contributed by atoms with Crippen molar-refractivity contribution in [3.05, 3.63) is 0 Å². The van der Waals surface area contributed by atoms with Crippen molar-refractivity contribution in [2.45, 2.75) is 6.42 Å². The first kappa shape index (κ1) is 11.0. The van der Waals surface area contributed by atoms with Gasteiger partial charge in [-0.1, -0.05) is 0 Å². The fourth-order valence-electron chi connectivity index (χ4n) is 0.554. The highest BCUT2D eigenvalue weighted by Gasteiger charge is 1.91. The van der Waals surface area contributed by atoms with Crippen molar-refractivity contribution in [2.24, 2.45) is 5.73 Å². The first-order valence-corrected chi connectivity index (χ1v) is 4.45. The molecule has 4 N–H and O–H groups in total. The van der Waals surface area contributed by atoms with Gasteiger partial charge in [0.05, 0.1) is 6.61 Å². The van der Waals surface area contributed by atoms with Crippen LogP contribution in [0.5, 0.6) is 0 Å². The van der Waals surface area contributed by atoms with Gasteiger partial charge in [-0.25, -0.2) is 0 Å². The van der Waals surface area contributed by atoms with Crippen LogP contribution in [0.1, 0.15) is 6.42 Å². The van der Waals surface area contributed by atoms with Crippen molar-refractivity contribution in [3.8, 4) is 0 Å². The van der Waals surface area contributed by atoms with Crippen LogP contribution in [0.15, 0.2) is 0 Å². The molecule has 0 fully saturated rings. The van der Waals surface area contributed by atoms with E-state index in [4.69, 9.17) is 10.3 Å². The molecule has 5 nitrogen and oxygen atoms in total. The van der Waals surface area contributed by atoms with Crippen LogP contribution in [0.3, 0.4) is 0 Å². The molecule has 0 aromatic carbocycles. The maximum atomic E-state index is 9.94. The second kappa shape index (κ2) is 8.09. The summed E-state index contributed by atoms with van der Waals surface area (Å²) in [7, 11) is 0. The molecule has 0 spiro atoms. The zero-order valence-electron chi connectivity index (χ0n) is 6.28. The maximum Gasteiger partial charge on any atom is 0.301 e. The minimum absolute atomic E-state index is 0.292. The lowest BCUT2D eigenvalue weighted by molar-refractivity contribution is 0.300. The number of hydrogen-bond acceptors (Lipinski definition) is 4. The largest absolute Gasteiger partial charge is 0.329 e. The normalized spacial score (nSPS) is 13.3. The van der Waals surface area contributed by atoms with Crippen molar-refractivity contribution in [1.29, 1.82) is 0 Å². The van der Waals surface area contributed by atoms with E-state index in [1.165, 1.54) is 0 Å². The monoisotopic (exact) mass is 182 g/mol. The lowest BCUT2D eigenvalue weighted by Crippen LogP contribution is -2.24. The van der Waals surface area contributed by atoms with Crippen LogP contribution in [0.25, 0.3) is 0 Å². The molecule has 0 aliphatic carbocycles. The fourth-order valence-corrected chi connectivity index (χ4v) is 0.815. The molecule has 0 saturated carbocycles. The minimum Gasteiger partial charge on any atom is -0.329 e. The van der Waals surface area contributed by atoms with Gasteiger partial charge in [0.1, 0.15) is 0 Å². The van der Waals surface area contributed by atoms with Gasteiger partial charge < -0.3 is 11.1 Å². The second-order valence-electron chi connectivity index (χ2n) is 1.93. The smallest absolute Gasteiger partial charge is 0.301 e. The number of nitrogens with two attached hydrogens (primary N) is 1. The van der Waals surface area contributed by atoms with Crippen LogP contribution in [0, 0.1) is 0 Å². The summed E-state index contributed by atoms with van der Waals surface area (Å²) in [6.07, 6.45) is 0.715. The van der Waals surface area contributed by atoms with Crippen molar-refractivity contribution in [2.75, 3.05) is 26.2 Å². The first-order chi connectivity index (χ1) is 5.27. The zero-order chi connectivity index (χ0) is 8.53. The topological polar surface area (TPSA) is 84.6 Å². The van der Waals surface area contributed by atoms with E-state index in [1.54, 1.807) is 0 Å². The predicted octanol–water partition coefficient (Wildman–Crippen LogP) is -0.922. The van der Waals surface area contributed by atoms with Gasteiger partial charge in [-0.3, -0.25) is 8.74 Å². The molecule has 0 bridgehead atoms. The number of nitrogens with one attached hydrogen (secondary N) is 1. The SMILES string of the molecule is NCCNCCCOS(=O)O. The van der Waals surface area contributed by atoms with Crippen LogP contribution >= 0.6 is 0 Å². The Morgan fingerprint density at radius 3 is 2.82 bits per heavy atom. The Morgan fingerprint density at radius 1 is 1.55 bits per heavy atom. The predicted molar refractivity (Wildman–Crippen MR) is 43.3 cm³/mol. The van der Waals surface area contributed by atoms with Crippen molar-refractivity contribution < 1.29 is 12.9 Å². The number of hydrogen-bond donors (Lipinski definition) is 3. The lowest BCUT2D eigenvalue weighted by Gasteiger charge is -2.00. The van der Waals surface area contributed by atoms with Crippen molar-refractivity contribution in [1.82, 2.24) is 5.32 Å². The van der Waals surface area contributed by atoms with Crippen molar-refractivity contribution >= 4 is 11.4 Å². The van der Waals surface area contributed by atoms with Gasteiger partial charge in [-0.15, -0.1) is 0 Å². The quantitative estimate of drug-likeness (QED) is 0.350. The van der Waals surface area contributed by atoms with Gasteiger partial charge in [0.15, 0.2) is 0 Å². The summed E-state index contributed by atoms with van der Waals surface area (Å²) in [6, 6.07) is 0. The molecule has 0 amide bonds. The molecule has 1 unspecified atom stereocenters. The van der Waals surface area contributed by atoms with Gasteiger partial charge >= 0.3 is 11.4 Å². The Kier molecular flexibility index (Phi) is 8.08. The zero-order valence-corrected chi connectivity index (χ0v) is 7.10. The molecule has 0 aliphatic rings. The Bertz CT molecular complexity index is 112. The molecule has 0 radical (unpaired) electrons. The lowest BCUT2D eigenvalue weighted by atomic mass is 10.4. The Balaban J connectivity index is 2.85. The molecule has 6 heteroatoms. The van der Waals surface area contributed by atoms with E-state index in [-0.39, 0.29) is 0 Å². The molecule has 0 aromatic rings. The van der Waals surface area contributed by atoms with Crippen molar-refractivity contribution in [3.63, 3.8) is 0 Å². The molecule has 0 saturated heterocycles. The van der Waals surface area contributed by atoms with Crippen LogP contribution in [-0.4, -0.2) is 35.0 Å². The first-order valence-electron chi connectivity index (χ1n) is 3.42. The third kappa shape index (κ3) is 9.99. The maximum absolute atomic E-state index is 9.94. The van der Waals surface area contributed by atoms with E-state index in [2.05, 4.69) is 9.50 Å². The van der Waals surface area contributed by atoms with E-state index in [1.807, 2.05) is 0 Å². The average Bonchev–Trinajstić information content (AvgIpc) is 1.96. The summed E-state index contributed by atoms with van der Waals surface area (Å²) in [5.74, 6) is 0. The van der Waals surface area contributed by atoms with E-state index < -0.39 is 11.4 Å². The molecule has 0 heterocycles. The highest BCUT2D eigenvalue weighted by atomic mass is 32.2. The summed E-state index contributed by atoms with van der Waals surface area (Å²) < 4.78 is 22.5. The van der Waals surface area contributed by atoms with E-state index >= 15 is 0 Å². The Hall–Kier alpha value is -0.0100.